The summed E-state index contributed by atoms with van der Waals surface area (Å²) >= 11 is 0. The molecule has 0 radical (unpaired) electrons. The average Bonchev–Trinajstić information content (AvgIpc) is 2.95. The van der Waals surface area contributed by atoms with Crippen LogP contribution in [-0.2, 0) is 25.4 Å². The molecule has 0 amide bonds. The summed E-state index contributed by atoms with van der Waals surface area (Å²) in [6.45, 7) is 3.29. The van der Waals surface area contributed by atoms with Crippen molar-refractivity contribution < 1.29 is 9.90 Å². The molecule has 0 fully saturated rings. The van der Waals surface area contributed by atoms with Gasteiger partial charge in [-0.3, -0.25) is 23.1 Å². The third-order valence-corrected chi connectivity index (χ3v) is 4.04. The monoisotopic (exact) mass is 305 g/mol. The van der Waals surface area contributed by atoms with Crippen LogP contribution in [0.3, 0.4) is 0 Å². The first-order chi connectivity index (χ1) is 10.3. The number of aromatic nitrogens is 5. The summed E-state index contributed by atoms with van der Waals surface area (Å²) in [6, 6.07) is 0. The Morgan fingerprint density at radius 1 is 1.14 bits per heavy atom. The fourth-order valence-electron chi connectivity index (χ4n) is 2.71. The highest BCUT2D eigenvalue weighted by atomic mass is 16.4. The summed E-state index contributed by atoms with van der Waals surface area (Å²) in [6.07, 6.45) is 0. The van der Waals surface area contributed by atoms with Gasteiger partial charge in [-0.1, -0.05) is 0 Å². The third-order valence-electron chi connectivity index (χ3n) is 4.04. The Morgan fingerprint density at radius 2 is 1.77 bits per heavy atom. The molecule has 9 heteroatoms. The topological polar surface area (TPSA) is 104 Å². The molecule has 0 saturated carbocycles. The van der Waals surface area contributed by atoms with Gasteiger partial charge in [-0.15, -0.1) is 0 Å². The molecule has 0 spiro atoms. The highest BCUT2D eigenvalue weighted by Crippen LogP contribution is 2.20. The van der Waals surface area contributed by atoms with Gasteiger partial charge in [0.2, 0.25) is 5.78 Å². The van der Waals surface area contributed by atoms with E-state index in [1.807, 2.05) is 0 Å². The minimum atomic E-state index is -1.01. The van der Waals surface area contributed by atoms with Crippen molar-refractivity contribution >= 4 is 22.9 Å². The number of carbonyl (C=O) groups is 1. The largest absolute Gasteiger partial charge is 0.480 e. The normalized spacial score (nSPS) is 11.6. The van der Waals surface area contributed by atoms with E-state index in [2.05, 4.69) is 4.98 Å². The molecule has 9 nitrogen and oxygen atoms in total. The quantitative estimate of drug-likeness (QED) is 0.680. The molecule has 0 saturated heterocycles. The van der Waals surface area contributed by atoms with E-state index in [4.69, 9.17) is 5.11 Å². The Labute approximate surface area is 123 Å². The summed E-state index contributed by atoms with van der Waals surface area (Å²) in [5.74, 6) is -0.667. The molecule has 3 aromatic heterocycles. The maximum absolute atomic E-state index is 12.4. The Bertz CT molecular complexity index is 1060. The van der Waals surface area contributed by atoms with Gasteiger partial charge in [0.1, 0.15) is 6.54 Å². The van der Waals surface area contributed by atoms with Crippen LogP contribution < -0.4 is 11.2 Å². The van der Waals surface area contributed by atoms with Gasteiger partial charge < -0.3 is 9.67 Å². The van der Waals surface area contributed by atoms with Crippen LogP contribution in [0, 0.1) is 13.8 Å². The van der Waals surface area contributed by atoms with Crippen LogP contribution in [-0.4, -0.2) is 34.2 Å². The molecule has 0 unspecified atom stereocenters. The number of hydrogen-bond acceptors (Lipinski definition) is 4. The third kappa shape index (κ3) is 1.59. The SMILES string of the molecule is Cc1c(C)n2c3c(=O)n(C)c(=O)n(C)c3nc2n1CC(=O)O. The number of rotatable bonds is 2. The molecular weight excluding hydrogens is 290 g/mol. The zero-order valence-electron chi connectivity index (χ0n) is 12.6. The second-order valence-electron chi connectivity index (χ2n) is 5.28. The molecule has 22 heavy (non-hydrogen) atoms. The highest BCUT2D eigenvalue weighted by molar-refractivity contribution is 5.77. The van der Waals surface area contributed by atoms with E-state index < -0.39 is 17.2 Å². The van der Waals surface area contributed by atoms with Gasteiger partial charge in [-0.2, -0.15) is 4.98 Å². The summed E-state index contributed by atoms with van der Waals surface area (Å²) in [7, 11) is 2.93. The van der Waals surface area contributed by atoms with Gasteiger partial charge >= 0.3 is 11.7 Å². The van der Waals surface area contributed by atoms with E-state index in [0.29, 0.717) is 11.5 Å². The van der Waals surface area contributed by atoms with Crippen molar-refractivity contribution in [2.75, 3.05) is 0 Å². The number of fused-ring (bicyclic) bond motifs is 3. The number of aliphatic carboxylic acids is 1. The van der Waals surface area contributed by atoms with Gasteiger partial charge in [0, 0.05) is 25.5 Å². The molecular formula is C13H15N5O4. The molecule has 116 valence electrons. The van der Waals surface area contributed by atoms with Gasteiger partial charge in [-0.05, 0) is 13.8 Å². The number of aryl methyl sites for hydroxylation is 2. The number of imidazole rings is 2. The smallest absolute Gasteiger partial charge is 0.332 e. The second kappa shape index (κ2) is 4.33. The number of nitrogens with zero attached hydrogens (tertiary/aromatic N) is 5. The molecule has 0 aliphatic rings. The van der Waals surface area contributed by atoms with E-state index >= 15 is 0 Å². The summed E-state index contributed by atoms with van der Waals surface area (Å²) in [4.78, 5) is 39.8. The molecule has 3 heterocycles. The number of carboxylic acid groups (broad SMARTS) is 1. The average molecular weight is 305 g/mol. The van der Waals surface area contributed by atoms with Crippen LogP contribution in [0.15, 0.2) is 9.59 Å². The van der Waals surface area contributed by atoms with Crippen molar-refractivity contribution in [2.45, 2.75) is 20.4 Å². The van der Waals surface area contributed by atoms with Gasteiger partial charge in [0.15, 0.2) is 11.2 Å². The lowest BCUT2D eigenvalue weighted by atomic mass is 10.3. The van der Waals surface area contributed by atoms with Crippen LogP contribution >= 0.6 is 0 Å². The highest BCUT2D eigenvalue weighted by Gasteiger charge is 2.22. The number of carboxylic acids is 1. The Hall–Kier alpha value is -2.84. The van der Waals surface area contributed by atoms with E-state index in [1.54, 1.807) is 18.2 Å². The van der Waals surface area contributed by atoms with E-state index in [-0.39, 0.29) is 17.7 Å². The van der Waals surface area contributed by atoms with E-state index in [0.717, 1.165) is 10.3 Å². The van der Waals surface area contributed by atoms with Crippen LogP contribution in [0.1, 0.15) is 11.4 Å². The Morgan fingerprint density at radius 3 is 2.36 bits per heavy atom. The van der Waals surface area contributed by atoms with E-state index in [9.17, 15) is 14.4 Å². The van der Waals surface area contributed by atoms with Crippen molar-refractivity contribution in [3.8, 4) is 0 Å². The molecule has 0 atom stereocenters. The lowest BCUT2D eigenvalue weighted by molar-refractivity contribution is -0.137. The fraction of sp³-hybridized carbons (Fsp3) is 0.385. The maximum Gasteiger partial charge on any atom is 0.332 e. The minimum absolute atomic E-state index is 0.241. The Balaban J connectivity index is 2.61. The molecule has 0 aliphatic carbocycles. The zero-order valence-corrected chi connectivity index (χ0v) is 12.6. The van der Waals surface area contributed by atoms with Gasteiger partial charge in [-0.25, -0.2) is 4.79 Å². The summed E-state index contributed by atoms with van der Waals surface area (Å²) < 4.78 is 5.42. The first kappa shape index (κ1) is 14.1. The molecule has 3 aromatic rings. The van der Waals surface area contributed by atoms with Crippen LogP contribution in [0.25, 0.3) is 16.9 Å². The minimum Gasteiger partial charge on any atom is -0.480 e. The molecule has 0 aromatic carbocycles. The maximum atomic E-state index is 12.4. The Kier molecular flexibility index (Phi) is 2.77. The van der Waals surface area contributed by atoms with Crippen LogP contribution in [0.5, 0.6) is 0 Å². The van der Waals surface area contributed by atoms with E-state index in [1.165, 1.54) is 23.2 Å². The lowest BCUT2D eigenvalue weighted by Crippen LogP contribution is -2.37. The van der Waals surface area contributed by atoms with Crippen molar-refractivity contribution in [2.24, 2.45) is 14.1 Å². The first-order valence-corrected chi connectivity index (χ1v) is 6.61. The van der Waals surface area contributed by atoms with Crippen molar-refractivity contribution in [1.82, 2.24) is 23.1 Å². The molecule has 3 rings (SSSR count). The van der Waals surface area contributed by atoms with Crippen LogP contribution in [0.4, 0.5) is 0 Å². The molecule has 1 N–H and O–H groups in total. The standard InChI is InChI=1S/C13H15N5O4/c1-6-7(2)18-9-10(14-12(18)17(6)5-8(19)20)15(3)13(22)16(4)11(9)21/h5H2,1-4H3,(H,19,20). The molecule has 0 bridgehead atoms. The van der Waals surface area contributed by atoms with Gasteiger partial charge in [0.25, 0.3) is 5.56 Å². The summed E-state index contributed by atoms with van der Waals surface area (Å²) in [5.41, 5.74) is 1.01. The van der Waals surface area contributed by atoms with Crippen molar-refractivity contribution in [3.63, 3.8) is 0 Å². The fourth-order valence-corrected chi connectivity index (χ4v) is 2.71. The van der Waals surface area contributed by atoms with Crippen LogP contribution in [0.2, 0.25) is 0 Å². The number of hydrogen-bond donors (Lipinski definition) is 1. The lowest BCUT2D eigenvalue weighted by Gasteiger charge is -2.04. The van der Waals surface area contributed by atoms with Crippen molar-refractivity contribution in [1.29, 1.82) is 0 Å². The predicted octanol–water partition coefficient (Wildman–Crippen LogP) is -0.612. The summed E-state index contributed by atoms with van der Waals surface area (Å²) in [5, 5.41) is 9.05. The van der Waals surface area contributed by atoms with Gasteiger partial charge in [0.05, 0.1) is 0 Å². The second-order valence-corrected chi connectivity index (χ2v) is 5.28. The zero-order chi connectivity index (χ0) is 16.3. The predicted molar refractivity (Wildman–Crippen MR) is 78.3 cm³/mol. The van der Waals surface area contributed by atoms with Crippen molar-refractivity contribution in [3.05, 3.63) is 32.2 Å². The first-order valence-electron chi connectivity index (χ1n) is 6.61. The molecule has 0 aliphatic heterocycles.